The lowest BCUT2D eigenvalue weighted by atomic mass is 10.1. The fourth-order valence-corrected chi connectivity index (χ4v) is 1.06. The molecule has 0 heterocycles. The van der Waals surface area contributed by atoms with E-state index in [0.717, 1.165) is 6.07 Å². The van der Waals surface area contributed by atoms with E-state index in [1.54, 1.807) is 0 Å². The summed E-state index contributed by atoms with van der Waals surface area (Å²) in [6.07, 6.45) is 0. The van der Waals surface area contributed by atoms with E-state index in [0.29, 0.717) is 5.56 Å². The van der Waals surface area contributed by atoms with Gasteiger partial charge >= 0.3 is 0 Å². The van der Waals surface area contributed by atoms with Crippen LogP contribution in [0.1, 0.15) is 11.1 Å². The molecule has 0 radical (unpaired) electrons. The summed E-state index contributed by atoms with van der Waals surface area (Å²) >= 11 is 0. The molecule has 1 rings (SSSR count). The molecule has 0 amide bonds. The Labute approximate surface area is 97.0 Å². The highest BCUT2D eigenvalue weighted by molar-refractivity contribution is 6.10. The molecule has 0 saturated carbocycles. The first kappa shape index (κ1) is 12.2. The first-order valence-corrected chi connectivity index (χ1v) is 4.46. The fourth-order valence-electron chi connectivity index (χ4n) is 1.06. The van der Waals surface area contributed by atoms with Crippen molar-refractivity contribution in [2.45, 2.75) is 6.92 Å². The van der Waals surface area contributed by atoms with Crippen LogP contribution in [0.2, 0.25) is 0 Å². The molecule has 17 heavy (non-hydrogen) atoms. The summed E-state index contributed by atoms with van der Waals surface area (Å²) in [5.41, 5.74) is 2.53. The van der Waals surface area contributed by atoms with Crippen molar-refractivity contribution in [2.24, 2.45) is 5.10 Å². The molecular weight excluding hydrogens is 221 g/mol. The van der Waals surface area contributed by atoms with Gasteiger partial charge in [0.2, 0.25) is 5.71 Å². The van der Waals surface area contributed by atoms with Gasteiger partial charge in [-0.15, -0.1) is 0 Å². The SMILES string of the molecule is Cc1cc(C#N)c(NN=C(C#N)C#N)cc1F. The third kappa shape index (κ3) is 2.77. The number of hydrazone groups is 1. The summed E-state index contributed by atoms with van der Waals surface area (Å²) in [4.78, 5) is 0. The van der Waals surface area contributed by atoms with Crippen molar-refractivity contribution in [3.8, 4) is 18.2 Å². The number of benzene rings is 1. The Morgan fingerprint density at radius 2 is 1.94 bits per heavy atom. The Morgan fingerprint density at radius 3 is 2.47 bits per heavy atom. The molecule has 1 N–H and O–H groups in total. The molecule has 0 fully saturated rings. The van der Waals surface area contributed by atoms with Gasteiger partial charge in [0.25, 0.3) is 0 Å². The first-order valence-electron chi connectivity index (χ1n) is 4.46. The quantitative estimate of drug-likeness (QED) is 0.615. The molecule has 1 aromatic rings. The lowest BCUT2D eigenvalue weighted by Gasteiger charge is -2.04. The number of aryl methyl sites for hydroxylation is 1. The molecule has 1 aromatic carbocycles. The van der Waals surface area contributed by atoms with Crippen molar-refractivity contribution in [3.63, 3.8) is 0 Å². The van der Waals surface area contributed by atoms with Gasteiger partial charge in [0.05, 0.1) is 11.3 Å². The number of nitrogens with one attached hydrogen (secondary N) is 1. The standard InChI is InChI=1S/C11H6FN5/c1-7-2-8(4-13)11(3-10(7)12)17-16-9(5-14)6-15/h2-3,17H,1H3. The van der Waals surface area contributed by atoms with Crippen LogP contribution in [0.3, 0.4) is 0 Å². The van der Waals surface area contributed by atoms with Crippen molar-refractivity contribution >= 4 is 11.4 Å². The van der Waals surface area contributed by atoms with Crippen LogP contribution in [0, 0.1) is 46.7 Å². The minimum absolute atomic E-state index is 0.110. The molecule has 0 spiro atoms. The Morgan fingerprint density at radius 1 is 1.29 bits per heavy atom. The highest BCUT2D eigenvalue weighted by Gasteiger charge is 2.06. The van der Waals surface area contributed by atoms with E-state index < -0.39 is 11.5 Å². The number of halogens is 1. The number of nitrogens with zero attached hydrogens (tertiary/aromatic N) is 4. The van der Waals surface area contributed by atoms with Gasteiger partial charge in [-0.3, -0.25) is 5.43 Å². The molecule has 0 aliphatic heterocycles. The normalized spacial score (nSPS) is 8.41. The van der Waals surface area contributed by atoms with Crippen LogP contribution in [0.25, 0.3) is 0 Å². The molecule has 5 nitrogen and oxygen atoms in total. The summed E-state index contributed by atoms with van der Waals surface area (Å²) < 4.78 is 13.3. The molecule has 0 aliphatic rings. The highest BCUT2D eigenvalue weighted by atomic mass is 19.1. The van der Waals surface area contributed by atoms with Gasteiger partial charge in [-0.05, 0) is 18.6 Å². The number of hydrogen-bond donors (Lipinski definition) is 1. The lowest BCUT2D eigenvalue weighted by molar-refractivity contribution is 0.619. The van der Waals surface area contributed by atoms with Gasteiger partial charge in [-0.2, -0.15) is 20.9 Å². The van der Waals surface area contributed by atoms with Crippen LogP contribution in [0.4, 0.5) is 10.1 Å². The minimum Gasteiger partial charge on any atom is -0.275 e. The Kier molecular flexibility index (Phi) is 3.76. The Balaban J connectivity index is 3.14. The van der Waals surface area contributed by atoms with Crippen LogP contribution < -0.4 is 5.43 Å². The molecule has 0 unspecified atom stereocenters. The summed E-state index contributed by atoms with van der Waals surface area (Å²) in [5.74, 6) is -0.503. The van der Waals surface area contributed by atoms with Gasteiger partial charge in [0.1, 0.15) is 24.0 Å². The fraction of sp³-hybridized carbons (Fsp3) is 0.0909. The Hall–Kier alpha value is -2.91. The average Bonchev–Trinajstić information content (AvgIpc) is 2.34. The van der Waals surface area contributed by atoms with Crippen molar-refractivity contribution in [2.75, 3.05) is 5.43 Å². The van der Waals surface area contributed by atoms with E-state index in [1.165, 1.54) is 25.1 Å². The van der Waals surface area contributed by atoms with Crippen molar-refractivity contribution < 1.29 is 4.39 Å². The highest BCUT2D eigenvalue weighted by Crippen LogP contribution is 2.19. The van der Waals surface area contributed by atoms with Gasteiger partial charge < -0.3 is 0 Å². The number of hydrogen-bond acceptors (Lipinski definition) is 5. The summed E-state index contributed by atoms with van der Waals surface area (Å²) in [7, 11) is 0. The molecule has 6 heteroatoms. The zero-order valence-corrected chi connectivity index (χ0v) is 8.82. The predicted molar refractivity (Wildman–Crippen MR) is 58.1 cm³/mol. The zero-order chi connectivity index (χ0) is 12.8. The third-order valence-electron chi connectivity index (χ3n) is 1.92. The number of anilines is 1. The molecule has 0 aromatic heterocycles. The average molecular weight is 227 g/mol. The van der Waals surface area contributed by atoms with Gasteiger partial charge in [0.15, 0.2) is 0 Å². The van der Waals surface area contributed by atoms with Crippen LogP contribution in [0.15, 0.2) is 17.2 Å². The van der Waals surface area contributed by atoms with Crippen LogP contribution >= 0.6 is 0 Å². The van der Waals surface area contributed by atoms with E-state index in [4.69, 9.17) is 15.8 Å². The largest absolute Gasteiger partial charge is 0.275 e. The molecule has 0 bridgehead atoms. The van der Waals surface area contributed by atoms with E-state index in [9.17, 15) is 4.39 Å². The second-order valence-electron chi connectivity index (χ2n) is 3.05. The minimum atomic E-state index is -0.503. The number of rotatable bonds is 2. The van der Waals surface area contributed by atoms with Gasteiger partial charge in [-0.25, -0.2) is 4.39 Å². The Bertz CT molecular complexity index is 582. The topological polar surface area (TPSA) is 95.8 Å². The molecule has 0 atom stereocenters. The summed E-state index contributed by atoms with van der Waals surface area (Å²) in [6.45, 7) is 1.53. The van der Waals surface area contributed by atoms with E-state index in [-0.39, 0.29) is 11.3 Å². The monoisotopic (exact) mass is 227 g/mol. The summed E-state index contributed by atoms with van der Waals surface area (Å²) in [6, 6.07) is 7.37. The molecule has 0 aliphatic carbocycles. The van der Waals surface area contributed by atoms with Crippen molar-refractivity contribution in [3.05, 3.63) is 29.1 Å². The van der Waals surface area contributed by atoms with E-state index in [1.807, 2.05) is 6.07 Å². The lowest BCUT2D eigenvalue weighted by Crippen LogP contribution is -1.99. The maximum absolute atomic E-state index is 13.3. The number of nitriles is 3. The van der Waals surface area contributed by atoms with Gasteiger partial charge in [0, 0.05) is 6.07 Å². The second-order valence-corrected chi connectivity index (χ2v) is 3.05. The maximum atomic E-state index is 13.3. The zero-order valence-electron chi connectivity index (χ0n) is 8.82. The van der Waals surface area contributed by atoms with Crippen molar-refractivity contribution in [1.29, 1.82) is 15.8 Å². The van der Waals surface area contributed by atoms with Crippen LogP contribution in [-0.2, 0) is 0 Å². The smallest absolute Gasteiger partial charge is 0.237 e. The van der Waals surface area contributed by atoms with Crippen molar-refractivity contribution in [1.82, 2.24) is 0 Å². The first-order chi connectivity index (χ1) is 8.12. The predicted octanol–water partition coefficient (Wildman–Crippen LogP) is 1.82. The van der Waals surface area contributed by atoms with E-state index in [2.05, 4.69) is 10.5 Å². The second kappa shape index (κ2) is 5.25. The van der Waals surface area contributed by atoms with Gasteiger partial charge in [-0.1, -0.05) is 0 Å². The van der Waals surface area contributed by atoms with E-state index >= 15 is 0 Å². The third-order valence-corrected chi connectivity index (χ3v) is 1.92. The summed E-state index contributed by atoms with van der Waals surface area (Å²) in [5, 5.41) is 29.2. The molecule has 0 saturated heterocycles. The maximum Gasteiger partial charge on any atom is 0.237 e. The van der Waals surface area contributed by atoms with Crippen LogP contribution in [-0.4, -0.2) is 5.71 Å². The van der Waals surface area contributed by atoms with Crippen LogP contribution in [0.5, 0.6) is 0 Å². The molecule has 82 valence electrons. The molecular formula is C11H6FN5.